The van der Waals surface area contributed by atoms with Crippen molar-refractivity contribution in [1.29, 1.82) is 0 Å². The quantitative estimate of drug-likeness (QED) is 0.511. The van der Waals surface area contributed by atoms with Crippen molar-refractivity contribution in [2.75, 3.05) is 5.73 Å². The number of halogens is 2. The summed E-state index contributed by atoms with van der Waals surface area (Å²) < 4.78 is 0. The molecule has 0 saturated heterocycles. The minimum atomic E-state index is -0.697. The first kappa shape index (κ1) is 20.2. The summed E-state index contributed by atoms with van der Waals surface area (Å²) >= 11 is 12.5. The van der Waals surface area contributed by atoms with Crippen molar-refractivity contribution in [2.45, 2.75) is 20.8 Å². The van der Waals surface area contributed by atoms with Gasteiger partial charge < -0.3 is 10.7 Å². The van der Waals surface area contributed by atoms with Crippen molar-refractivity contribution in [3.05, 3.63) is 75.4 Å². The number of carbonyl (C=O) groups is 2. The van der Waals surface area contributed by atoms with Crippen LogP contribution in [0.25, 0.3) is 11.1 Å². The fourth-order valence-corrected chi connectivity index (χ4v) is 3.50. The molecule has 1 aromatic heterocycles. The van der Waals surface area contributed by atoms with E-state index in [-0.39, 0.29) is 28.6 Å². The molecule has 1 heterocycles. The number of nitrogen functional groups attached to an aromatic ring is 1. The van der Waals surface area contributed by atoms with Crippen LogP contribution in [0.1, 0.15) is 47.2 Å². The Morgan fingerprint density at radius 2 is 1.64 bits per heavy atom. The highest BCUT2D eigenvalue weighted by molar-refractivity contribution is 6.37. The second kappa shape index (κ2) is 7.46. The van der Waals surface area contributed by atoms with E-state index in [1.807, 2.05) is 6.07 Å². The van der Waals surface area contributed by atoms with Crippen LogP contribution in [0.4, 0.5) is 5.82 Å². The number of hydrogen-bond acceptors (Lipinski definition) is 3. The van der Waals surface area contributed by atoms with Crippen molar-refractivity contribution in [3.8, 4) is 11.1 Å². The number of hydrogen-bond donors (Lipinski definition) is 2. The van der Waals surface area contributed by atoms with Crippen molar-refractivity contribution < 1.29 is 9.59 Å². The molecule has 0 saturated carbocycles. The van der Waals surface area contributed by atoms with Crippen LogP contribution in [0.3, 0.4) is 0 Å². The number of H-pyrrole nitrogens is 1. The van der Waals surface area contributed by atoms with Crippen LogP contribution in [0.2, 0.25) is 10.0 Å². The van der Waals surface area contributed by atoms with E-state index >= 15 is 0 Å². The SMILES string of the molecule is CC(C)(C)C(=O)c1c(N)[nH]c(C(=O)c2ccccc2)c1-c1ccc(Cl)cc1Cl. The highest BCUT2D eigenvalue weighted by Gasteiger charge is 2.33. The largest absolute Gasteiger partial charge is 0.385 e. The summed E-state index contributed by atoms with van der Waals surface area (Å²) in [6.07, 6.45) is 0. The molecule has 0 spiro atoms. The summed E-state index contributed by atoms with van der Waals surface area (Å²) in [5.74, 6) is -0.323. The minimum absolute atomic E-state index is 0.139. The maximum absolute atomic E-state index is 13.2. The molecule has 0 bridgehead atoms. The lowest BCUT2D eigenvalue weighted by Crippen LogP contribution is -2.21. The first-order chi connectivity index (χ1) is 13.1. The van der Waals surface area contributed by atoms with E-state index in [0.717, 1.165) is 0 Å². The number of aromatic nitrogens is 1. The molecule has 3 N–H and O–H groups in total. The van der Waals surface area contributed by atoms with Gasteiger partial charge in [0.1, 0.15) is 5.82 Å². The maximum atomic E-state index is 13.2. The zero-order valence-corrected chi connectivity index (χ0v) is 17.3. The van der Waals surface area contributed by atoms with E-state index < -0.39 is 5.41 Å². The van der Waals surface area contributed by atoms with Gasteiger partial charge in [-0.2, -0.15) is 0 Å². The van der Waals surface area contributed by atoms with Crippen molar-refractivity contribution >= 4 is 40.6 Å². The summed E-state index contributed by atoms with van der Waals surface area (Å²) in [5.41, 5.74) is 7.35. The van der Waals surface area contributed by atoms with Gasteiger partial charge >= 0.3 is 0 Å². The Morgan fingerprint density at radius 1 is 1.00 bits per heavy atom. The van der Waals surface area contributed by atoms with Crippen molar-refractivity contribution in [1.82, 2.24) is 4.98 Å². The molecule has 6 heteroatoms. The zero-order chi connectivity index (χ0) is 20.6. The lowest BCUT2D eigenvalue weighted by Gasteiger charge is -2.18. The van der Waals surface area contributed by atoms with Crippen LogP contribution < -0.4 is 5.73 Å². The summed E-state index contributed by atoms with van der Waals surface area (Å²) in [6, 6.07) is 13.7. The zero-order valence-electron chi connectivity index (χ0n) is 15.8. The first-order valence-electron chi connectivity index (χ1n) is 8.72. The fourth-order valence-electron chi connectivity index (χ4n) is 3.00. The molecule has 28 heavy (non-hydrogen) atoms. The fraction of sp³-hybridized carbons (Fsp3) is 0.182. The lowest BCUT2D eigenvalue weighted by atomic mass is 9.83. The van der Waals surface area contributed by atoms with Gasteiger partial charge in [0.05, 0.1) is 11.3 Å². The minimum Gasteiger partial charge on any atom is -0.385 e. The Labute approximate surface area is 173 Å². The van der Waals surface area contributed by atoms with Crippen LogP contribution in [-0.2, 0) is 0 Å². The van der Waals surface area contributed by atoms with Gasteiger partial charge in [-0.05, 0) is 12.1 Å². The number of nitrogens with one attached hydrogen (secondary N) is 1. The molecule has 3 rings (SSSR count). The standard InChI is InChI=1S/C22H20Cl2N2O2/c1-22(2,3)20(28)17-16(14-10-9-13(23)11-15(14)24)18(26-21(17)25)19(27)12-7-5-4-6-8-12/h4-11,26H,25H2,1-3H3. The molecule has 0 atom stereocenters. The Bertz CT molecular complexity index is 1060. The summed E-state index contributed by atoms with van der Waals surface area (Å²) in [5, 5.41) is 0.786. The van der Waals surface area contributed by atoms with E-state index in [0.29, 0.717) is 26.7 Å². The van der Waals surface area contributed by atoms with E-state index in [4.69, 9.17) is 28.9 Å². The smallest absolute Gasteiger partial charge is 0.209 e. The summed E-state index contributed by atoms with van der Waals surface area (Å²) in [6.45, 7) is 5.40. The number of aromatic amines is 1. The molecule has 0 amide bonds. The molecule has 0 aliphatic carbocycles. The predicted octanol–water partition coefficient (Wildman–Crippen LogP) is 6.03. The van der Waals surface area contributed by atoms with Crippen LogP contribution in [-0.4, -0.2) is 16.6 Å². The molecule has 0 aliphatic heterocycles. The highest BCUT2D eigenvalue weighted by Crippen LogP contribution is 2.40. The topological polar surface area (TPSA) is 76.0 Å². The molecule has 0 radical (unpaired) electrons. The number of carbonyl (C=O) groups excluding carboxylic acids is 2. The number of Topliss-reactive ketones (excluding diaryl/α,β-unsaturated/α-hetero) is 1. The van der Waals surface area contributed by atoms with E-state index in [2.05, 4.69) is 4.98 Å². The lowest BCUT2D eigenvalue weighted by molar-refractivity contribution is 0.0860. The molecule has 0 aliphatic rings. The van der Waals surface area contributed by atoms with Crippen molar-refractivity contribution in [3.63, 3.8) is 0 Å². The van der Waals surface area contributed by atoms with Crippen LogP contribution >= 0.6 is 23.2 Å². The highest BCUT2D eigenvalue weighted by atomic mass is 35.5. The van der Waals surface area contributed by atoms with Gasteiger partial charge in [0.2, 0.25) is 5.78 Å². The Balaban J connectivity index is 2.32. The predicted molar refractivity (Wildman–Crippen MR) is 114 cm³/mol. The van der Waals surface area contributed by atoms with Gasteiger partial charge in [-0.3, -0.25) is 9.59 Å². The number of anilines is 1. The summed E-state index contributed by atoms with van der Waals surface area (Å²) in [4.78, 5) is 29.3. The first-order valence-corrected chi connectivity index (χ1v) is 9.48. The third-order valence-electron chi connectivity index (χ3n) is 4.40. The number of ketones is 2. The molecular formula is C22H20Cl2N2O2. The Morgan fingerprint density at radius 3 is 2.21 bits per heavy atom. The van der Waals surface area contributed by atoms with Crippen LogP contribution in [0.5, 0.6) is 0 Å². The maximum Gasteiger partial charge on any atom is 0.209 e. The number of nitrogens with two attached hydrogens (primary N) is 1. The van der Waals surface area contributed by atoms with E-state index in [1.54, 1.807) is 63.2 Å². The third kappa shape index (κ3) is 3.71. The van der Waals surface area contributed by atoms with Crippen LogP contribution in [0, 0.1) is 5.41 Å². The monoisotopic (exact) mass is 414 g/mol. The van der Waals surface area contributed by atoms with Gasteiger partial charge in [0.15, 0.2) is 5.78 Å². The molecular weight excluding hydrogens is 395 g/mol. The average molecular weight is 415 g/mol. The van der Waals surface area contributed by atoms with Crippen LogP contribution in [0.15, 0.2) is 48.5 Å². The second-order valence-electron chi connectivity index (χ2n) is 7.56. The molecule has 3 aromatic rings. The van der Waals surface area contributed by atoms with Gasteiger partial charge in [-0.15, -0.1) is 0 Å². The van der Waals surface area contributed by atoms with Gasteiger partial charge in [0.25, 0.3) is 0 Å². The van der Waals surface area contributed by atoms with Gasteiger partial charge in [-0.1, -0.05) is 80.4 Å². The normalized spacial score (nSPS) is 11.5. The van der Waals surface area contributed by atoms with E-state index in [9.17, 15) is 9.59 Å². The molecule has 144 valence electrons. The molecule has 2 aromatic carbocycles. The average Bonchev–Trinajstić information content (AvgIpc) is 2.97. The Kier molecular flexibility index (Phi) is 5.37. The molecule has 0 unspecified atom stereocenters. The van der Waals surface area contributed by atoms with E-state index in [1.165, 1.54) is 0 Å². The van der Waals surface area contributed by atoms with Gasteiger partial charge in [0, 0.05) is 32.2 Å². The third-order valence-corrected chi connectivity index (χ3v) is 4.95. The summed E-state index contributed by atoms with van der Waals surface area (Å²) in [7, 11) is 0. The van der Waals surface area contributed by atoms with Crippen molar-refractivity contribution in [2.24, 2.45) is 5.41 Å². The molecule has 4 nitrogen and oxygen atoms in total. The Hall–Kier alpha value is -2.56. The second-order valence-corrected chi connectivity index (χ2v) is 8.41. The number of rotatable bonds is 4. The van der Waals surface area contributed by atoms with Gasteiger partial charge in [-0.25, -0.2) is 0 Å². The number of benzene rings is 2. The molecule has 0 fully saturated rings.